The summed E-state index contributed by atoms with van der Waals surface area (Å²) in [6.45, 7) is 1.07. The molecule has 0 aromatic heterocycles. The van der Waals surface area contributed by atoms with Crippen LogP contribution < -0.4 is 14.4 Å². The smallest absolute Gasteiger partial charge is 0.231 e. The third kappa shape index (κ3) is 3.31. The molecule has 0 radical (unpaired) electrons. The van der Waals surface area contributed by atoms with Gasteiger partial charge >= 0.3 is 0 Å². The van der Waals surface area contributed by atoms with E-state index >= 15 is 0 Å². The molecule has 0 amide bonds. The summed E-state index contributed by atoms with van der Waals surface area (Å²) >= 11 is 0. The predicted octanol–water partition coefficient (Wildman–Crippen LogP) is 6.21. The standard InChI is InChI=1S/C30H26N2O3/c1-4-10-22(11-5-1)28-19-30(24-12-6-2-7-13-24)20-31(25-14-8-3-9-15-25)29(32(30)35-28)23-16-17-26-27(18-23)34-21-33-26/h1-18,28-29H,19-21H2/t28-,29-,30-/m0/s1. The minimum absolute atomic E-state index is 0.0224. The van der Waals surface area contributed by atoms with Crippen LogP contribution in [0.25, 0.3) is 0 Å². The van der Waals surface area contributed by atoms with Gasteiger partial charge in [0.15, 0.2) is 11.5 Å². The maximum Gasteiger partial charge on any atom is 0.231 e. The highest BCUT2D eigenvalue weighted by Crippen LogP contribution is 2.57. The van der Waals surface area contributed by atoms with Crippen molar-refractivity contribution in [2.24, 2.45) is 0 Å². The molecule has 0 spiro atoms. The van der Waals surface area contributed by atoms with Gasteiger partial charge in [-0.05, 0) is 41.0 Å². The molecule has 0 N–H and O–H groups in total. The number of fused-ring (bicyclic) bond motifs is 2. The van der Waals surface area contributed by atoms with Crippen molar-refractivity contribution in [3.05, 3.63) is 126 Å². The van der Waals surface area contributed by atoms with Crippen LogP contribution in [0.2, 0.25) is 0 Å². The molecule has 3 atom stereocenters. The Labute approximate surface area is 205 Å². The fourth-order valence-corrected chi connectivity index (χ4v) is 5.76. The monoisotopic (exact) mass is 462 g/mol. The summed E-state index contributed by atoms with van der Waals surface area (Å²) in [5, 5.41) is 2.24. The predicted molar refractivity (Wildman–Crippen MR) is 134 cm³/mol. The number of hydroxylamine groups is 2. The first-order valence-corrected chi connectivity index (χ1v) is 12.1. The summed E-state index contributed by atoms with van der Waals surface area (Å²) in [6.07, 6.45) is 0.720. The van der Waals surface area contributed by atoms with Crippen LogP contribution in [0.15, 0.2) is 109 Å². The van der Waals surface area contributed by atoms with Crippen molar-refractivity contribution >= 4 is 5.69 Å². The lowest BCUT2D eigenvalue weighted by atomic mass is 9.84. The van der Waals surface area contributed by atoms with E-state index in [-0.39, 0.29) is 24.6 Å². The van der Waals surface area contributed by atoms with Gasteiger partial charge in [-0.3, -0.25) is 4.84 Å². The van der Waals surface area contributed by atoms with Gasteiger partial charge in [0, 0.05) is 18.7 Å². The van der Waals surface area contributed by atoms with Crippen molar-refractivity contribution < 1.29 is 14.3 Å². The Morgan fingerprint density at radius 3 is 2.14 bits per heavy atom. The van der Waals surface area contributed by atoms with Crippen molar-refractivity contribution in [1.82, 2.24) is 5.06 Å². The van der Waals surface area contributed by atoms with E-state index in [2.05, 4.69) is 113 Å². The van der Waals surface area contributed by atoms with Crippen LogP contribution in [0.5, 0.6) is 11.5 Å². The molecular formula is C30H26N2O3. The molecule has 3 aliphatic rings. The zero-order valence-electron chi connectivity index (χ0n) is 19.3. The Morgan fingerprint density at radius 2 is 1.37 bits per heavy atom. The summed E-state index contributed by atoms with van der Waals surface area (Å²) in [6, 6.07) is 38.2. The summed E-state index contributed by atoms with van der Waals surface area (Å²) < 4.78 is 11.3. The van der Waals surface area contributed by atoms with E-state index in [1.54, 1.807) is 0 Å². The average Bonchev–Trinajstić information content (AvgIpc) is 3.62. The van der Waals surface area contributed by atoms with Crippen LogP contribution in [0.4, 0.5) is 5.69 Å². The van der Waals surface area contributed by atoms with Gasteiger partial charge in [-0.25, -0.2) is 0 Å². The van der Waals surface area contributed by atoms with E-state index in [4.69, 9.17) is 14.3 Å². The molecule has 5 nitrogen and oxygen atoms in total. The maximum atomic E-state index is 6.89. The molecule has 35 heavy (non-hydrogen) atoms. The topological polar surface area (TPSA) is 34.2 Å². The van der Waals surface area contributed by atoms with E-state index in [0.717, 1.165) is 30.0 Å². The number of hydrogen-bond acceptors (Lipinski definition) is 5. The number of anilines is 1. The zero-order chi connectivity index (χ0) is 23.2. The fourth-order valence-electron chi connectivity index (χ4n) is 5.76. The molecule has 7 rings (SSSR count). The third-order valence-corrected chi connectivity index (χ3v) is 7.40. The minimum atomic E-state index is -0.307. The van der Waals surface area contributed by atoms with Crippen LogP contribution in [-0.4, -0.2) is 18.4 Å². The minimum Gasteiger partial charge on any atom is -0.454 e. The Morgan fingerprint density at radius 1 is 0.686 bits per heavy atom. The molecule has 0 saturated carbocycles. The molecule has 3 aliphatic heterocycles. The van der Waals surface area contributed by atoms with Crippen LogP contribution in [-0.2, 0) is 10.4 Å². The highest BCUT2D eigenvalue weighted by Gasteiger charge is 2.59. The van der Waals surface area contributed by atoms with Crippen molar-refractivity contribution in [2.45, 2.75) is 24.2 Å². The summed E-state index contributed by atoms with van der Waals surface area (Å²) in [5.41, 5.74) is 4.44. The average molecular weight is 463 g/mol. The largest absolute Gasteiger partial charge is 0.454 e. The Hall–Kier alpha value is -3.80. The Kier molecular flexibility index (Phi) is 4.79. The van der Waals surface area contributed by atoms with Crippen molar-refractivity contribution in [3.63, 3.8) is 0 Å². The van der Waals surface area contributed by atoms with Gasteiger partial charge in [0.2, 0.25) is 6.79 Å². The van der Waals surface area contributed by atoms with Crippen molar-refractivity contribution in [3.8, 4) is 11.5 Å². The molecule has 2 saturated heterocycles. The number of hydrogen-bond donors (Lipinski definition) is 0. The molecule has 5 heteroatoms. The fraction of sp³-hybridized carbons (Fsp3) is 0.200. The van der Waals surface area contributed by atoms with E-state index in [1.165, 1.54) is 16.8 Å². The lowest BCUT2D eigenvalue weighted by Crippen LogP contribution is -2.37. The van der Waals surface area contributed by atoms with Crippen LogP contribution in [0.3, 0.4) is 0 Å². The number of benzene rings is 4. The van der Waals surface area contributed by atoms with Crippen molar-refractivity contribution in [2.75, 3.05) is 18.2 Å². The number of ether oxygens (including phenoxy) is 2. The molecule has 174 valence electrons. The van der Waals surface area contributed by atoms with Crippen molar-refractivity contribution in [1.29, 1.82) is 0 Å². The number of rotatable bonds is 4. The first-order chi connectivity index (χ1) is 17.3. The van der Waals surface area contributed by atoms with E-state index in [9.17, 15) is 0 Å². The summed E-state index contributed by atoms with van der Waals surface area (Å²) in [7, 11) is 0. The van der Waals surface area contributed by atoms with Gasteiger partial charge in [0.1, 0.15) is 12.3 Å². The van der Waals surface area contributed by atoms with E-state index in [1.807, 2.05) is 6.07 Å². The quantitative estimate of drug-likeness (QED) is 0.360. The molecule has 0 unspecified atom stereocenters. The van der Waals surface area contributed by atoms with Gasteiger partial charge in [-0.15, -0.1) is 5.06 Å². The zero-order valence-corrected chi connectivity index (χ0v) is 19.3. The summed E-state index contributed by atoms with van der Waals surface area (Å²) in [5.74, 6) is 1.57. The van der Waals surface area contributed by atoms with Crippen LogP contribution in [0, 0.1) is 0 Å². The Balaban J connectivity index is 1.39. The molecule has 0 aliphatic carbocycles. The normalized spacial score (nSPS) is 25.1. The third-order valence-electron chi connectivity index (χ3n) is 7.40. The maximum absolute atomic E-state index is 6.89. The highest BCUT2D eigenvalue weighted by molar-refractivity contribution is 5.54. The molecular weight excluding hydrogens is 436 g/mol. The van der Waals surface area contributed by atoms with Crippen LogP contribution in [0.1, 0.15) is 35.4 Å². The van der Waals surface area contributed by atoms with Gasteiger partial charge in [0.05, 0.1) is 5.54 Å². The molecule has 4 aromatic rings. The lowest BCUT2D eigenvalue weighted by Gasteiger charge is -2.32. The molecule has 2 fully saturated rings. The van der Waals surface area contributed by atoms with E-state index < -0.39 is 0 Å². The van der Waals surface area contributed by atoms with Gasteiger partial charge in [-0.1, -0.05) is 84.9 Å². The number of para-hydroxylation sites is 1. The second-order valence-corrected chi connectivity index (χ2v) is 9.38. The SMILES string of the molecule is c1ccc([C@@H]2C[C@@]3(c4ccccc4)CN(c4ccccc4)[C@H](c4ccc5c(c4)OCO5)N3O2)cc1. The number of nitrogens with zero attached hydrogens (tertiary/aromatic N) is 2. The Bertz CT molecular complexity index is 1330. The van der Waals surface area contributed by atoms with E-state index in [0.29, 0.717) is 0 Å². The molecule has 0 bridgehead atoms. The first-order valence-electron chi connectivity index (χ1n) is 12.1. The summed E-state index contributed by atoms with van der Waals surface area (Å²) in [4.78, 5) is 9.34. The highest BCUT2D eigenvalue weighted by atomic mass is 16.7. The second-order valence-electron chi connectivity index (χ2n) is 9.38. The van der Waals surface area contributed by atoms with Gasteiger partial charge in [-0.2, -0.15) is 0 Å². The van der Waals surface area contributed by atoms with Crippen LogP contribution >= 0.6 is 0 Å². The van der Waals surface area contributed by atoms with Gasteiger partial charge < -0.3 is 14.4 Å². The van der Waals surface area contributed by atoms with Gasteiger partial charge in [0.25, 0.3) is 0 Å². The first kappa shape index (κ1) is 20.6. The second kappa shape index (κ2) is 8.15. The molecule has 3 heterocycles. The lowest BCUT2D eigenvalue weighted by molar-refractivity contribution is -0.198. The molecule has 4 aromatic carbocycles.